The Balaban J connectivity index is 1.66. The van der Waals surface area contributed by atoms with Gasteiger partial charge in [0.05, 0.1) is 5.60 Å². The summed E-state index contributed by atoms with van der Waals surface area (Å²) in [6.45, 7) is 0.444. The number of nitrogens with one attached hydrogen (secondary N) is 1. The molecule has 0 aromatic rings. The molecule has 0 atom stereocenters. The third kappa shape index (κ3) is 3.39. The summed E-state index contributed by atoms with van der Waals surface area (Å²) in [7, 11) is 0. The van der Waals surface area contributed by atoms with Crippen molar-refractivity contribution in [3.8, 4) is 0 Å². The number of thioether (sulfide) groups is 1. The molecule has 1 aliphatic heterocycles. The molecule has 2 aliphatic rings. The molecule has 2 N–H and O–H groups in total. The van der Waals surface area contributed by atoms with Crippen LogP contribution in [-0.4, -0.2) is 34.7 Å². The third-order valence-electron chi connectivity index (χ3n) is 3.74. The van der Waals surface area contributed by atoms with E-state index < -0.39 is 5.60 Å². The van der Waals surface area contributed by atoms with Gasteiger partial charge in [0.25, 0.3) is 0 Å². The second kappa shape index (κ2) is 5.41. The van der Waals surface area contributed by atoms with Gasteiger partial charge in [-0.05, 0) is 43.1 Å². The lowest BCUT2D eigenvalue weighted by Gasteiger charge is -2.32. The van der Waals surface area contributed by atoms with Crippen LogP contribution in [0.25, 0.3) is 0 Å². The molecule has 92 valence electrons. The van der Waals surface area contributed by atoms with Crippen molar-refractivity contribution in [2.24, 2.45) is 5.92 Å². The van der Waals surface area contributed by atoms with Crippen molar-refractivity contribution in [3.05, 3.63) is 0 Å². The van der Waals surface area contributed by atoms with Gasteiger partial charge in [-0.25, -0.2) is 0 Å². The average molecular weight is 243 g/mol. The molecule has 2 rings (SSSR count). The largest absolute Gasteiger partial charge is 0.388 e. The van der Waals surface area contributed by atoms with E-state index in [1.54, 1.807) is 0 Å². The summed E-state index contributed by atoms with van der Waals surface area (Å²) in [5, 5.41) is 13.1. The molecule has 0 radical (unpaired) electrons. The molecule has 3 nitrogen and oxygen atoms in total. The van der Waals surface area contributed by atoms with E-state index in [-0.39, 0.29) is 5.91 Å². The number of rotatable bonds is 4. The van der Waals surface area contributed by atoms with E-state index in [2.05, 4.69) is 5.32 Å². The lowest BCUT2D eigenvalue weighted by atomic mass is 9.83. The zero-order valence-electron chi connectivity index (χ0n) is 9.71. The van der Waals surface area contributed by atoms with Crippen molar-refractivity contribution in [3.63, 3.8) is 0 Å². The minimum absolute atomic E-state index is 0.122. The molecule has 1 heterocycles. The highest BCUT2D eigenvalue weighted by Crippen LogP contribution is 2.29. The molecule has 0 bridgehead atoms. The van der Waals surface area contributed by atoms with Crippen LogP contribution in [0.15, 0.2) is 0 Å². The van der Waals surface area contributed by atoms with Crippen LogP contribution in [0.5, 0.6) is 0 Å². The van der Waals surface area contributed by atoms with Crippen molar-refractivity contribution in [1.82, 2.24) is 5.32 Å². The van der Waals surface area contributed by atoms with E-state index in [0.717, 1.165) is 24.3 Å². The minimum atomic E-state index is -0.638. The van der Waals surface area contributed by atoms with Gasteiger partial charge < -0.3 is 10.4 Å². The van der Waals surface area contributed by atoms with Crippen molar-refractivity contribution >= 4 is 17.7 Å². The second-order valence-corrected chi connectivity index (χ2v) is 6.34. The van der Waals surface area contributed by atoms with E-state index in [1.807, 2.05) is 11.8 Å². The Hall–Kier alpha value is -0.220. The fourth-order valence-electron chi connectivity index (χ4n) is 2.22. The topological polar surface area (TPSA) is 49.3 Å². The van der Waals surface area contributed by atoms with E-state index in [4.69, 9.17) is 0 Å². The van der Waals surface area contributed by atoms with E-state index >= 15 is 0 Å². The molecule has 2 fully saturated rings. The minimum Gasteiger partial charge on any atom is -0.388 e. The number of amides is 1. The monoisotopic (exact) mass is 243 g/mol. The summed E-state index contributed by atoms with van der Waals surface area (Å²) >= 11 is 1.88. The van der Waals surface area contributed by atoms with Crippen LogP contribution in [0.2, 0.25) is 0 Å². The van der Waals surface area contributed by atoms with Crippen LogP contribution in [-0.2, 0) is 4.79 Å². The third-order valence-corrected chi connectivity index (χ3v) is 4.72. The predicted molar refractivity (Wildman–Crippen MR) is 66.5 cm³/mol. The summed E-state index contributed by atoms with van der Waals surface area (Å²) in [5.41, 5.74) is -0.638. The zero-order chi connectivity index (χ0) is 11.4. The summed E-state index contributed by atoms with van der Waals surface area (Å²) < 4.78 is 0. The van der Waals surface area contributed by atoms with Crippen LogP contribution in [0.3, 0.4) is 0 Å². The van der Waals surface area contributed by atoms with Crippen LogP contribution < -0.4 is 5.32 Å². The van der Waals surface area contributed by atoms with Crippen LogP contribution >= 0.6 is 11.8 Å². The van der Waals surface area contributed by atoms with Gasteiger partial charge in [0.15, 0.2) is 0 Å². The molecule has 0 aromatic carbocycles. The Kier molecular flexibility index (Phi) is 4.14. The Morgan fingerprint density at radius 2 is 2.06 bits per heavy atom. The number of carbonyl (C=O) groups excluding carboxylic acids is 1. The number of aliphatic hydroxyl groups is 1. The van der Waals surface area contributed by atoms with Gasteiger partial charge in [0, 0.05) is 13.0 Å². The van der Waals surface area contributed by atoms with Gasteiger partial charge in [-0.15, -0.1) is 0 Å². The maximum atomic E-state index is 11.6. The standard InChI is InChI=1S/C12H21NO2S/c14-11(8-10-2-1-3-10)13-9-12(15)4-6-16-7-5-12/h10,15H,1-9H2,(H,13,14). The van der Waals surface area contributed by atoms with Gasteiger partial charge in [0.1, 0.15) is 0 Å². The zero-order valence-corrected chi connectivity index (χ0v) is 10.5. The van der Waals surface area contributed by atoms with Crippen molar-refractivity contribution < 1.29 is 9.90 Å². The summed E-state index contributed by atoms with van der Waals surface area (Å²) in [5.74, 6) is 2.75. The van der Waals surface area contributed by atoms with Gasteiger partial charge in [-0.1, -0.05) is 6.42 Å². The Morgan fingerprint density at radius 1 is 1.38 bits per heavy atom. The highest BCUT2D eigenvalue weighted by molar-refractivity contribution is 7.99. The molecule has 0 aromatic heterocycles. The molecule has 0 spiro atoms. The average Bonchev–Trinajstić information content (AvgIpc) is 2.22. The van der Waals surface area contributed by atoms with Gasteiger partial charge in [-0.2, -0.15) is 11.8 Å². The Morgan fingerprint density at radius 3 is 2.62 bits per heavy atom. The maximum absolute atomic E-state index is 11.6. The molecule has 1 saturated carbocycles. The molecular weight excluding hydrogens is 222 g/mol. The first-order valence-corrected chi connectivity index (χ1v) is 7.40. The highest BCUT2D eigenvalue weighted by Gasteiger charge is 2.30. The number of hydrogen-bond donors (Lipinski definition) is 2. The molecule has 0 unspecified atom stereocenters. The molecular formula is C12H21NO2S. The SMILES string of the molecule is O=C(CC1CCC1)NCC1(O)CCSCC1. The number of hydrogen-bond acceptors (Lipinski definition) is 3. The van der Waals surface area contributed by atoms with Crippen LogP contribution in [0.1, 0.15) is 38.5 Å². The first-order valence-electron chi connectivity index (χ1n) is 6.25. The van der Waals surface area contributed by atoms with Crippen LogP contribution in [0, 0.1) is 5.92 Å². The fourth-order valence-corrected chi connectivity index (χ4v) is 3.48. The van der Waals surface area contributed by atoms with Crippen molar-refractivity contribution in [2.75, 3.05) is 18.1 Å². The summed E-state index contributed by atoms with van der Waals surface area (Å²) in [6.07, 6.45) is 5.95. The predicted octanol–water partition coefficient (Wildman–Crippen LogP) is 1.55. The molecule has 1 saturated heterocycles. The quantitative estimate of drug-likeness (QED) is 0.787. The highest BCUT2D eigenvalue weighted by atomic mass is 32.2. The molecule has 16 heavy (non-hydrogen) atoms. The van der Waals surface area contributed by atoms with E-state index in [0.29, 0.717) is 18.9 Å². The number of carbonyl (C=O) groups is 1. The smallest absolute Gasteiger partial charge is 0.220 e. The Labute approximate surface area is 101 Å². The van der Waals surface area contributed by atoms with E-state index in [9.17, 15) is 9.90 Å². The second-order valence-electron chi connectivity index (χ2n) is 5.11. The Bertz CT molecular complexity index is 247. The molecule has 1 aliphatic carbocycles. The summed E-state index contributed by atoms with van der Waals surface area (Å²) in [6, 6.07) is 0. The molecule has 4 heteroatoms. The van der Waals surface area contributed by atoms with Gasteiger partial charge in [-0.3, -0.25) is 4.79 Å². The lowest BCUT2D eigenvalue weighted by Crippen LogP contribution is -2.45. The molecule has 1 amide bonds. The first-order chi connectivity index (χ1) is 7.68. The normalized spacial score (nSPS) is 24.8. The first kappa shape index (κ1) is 12.2. The fraction of sp³-hybridized carbons (Fsp3) is 0.917. The van der Waals surface area contributed by atoms with Crippen molar-refractivity contribution in [1.29, 1.82) is 0 Å². The van der Waals surface area contributed by atoms with Gasteiger partial charge >= 0.3 is 0 Å². The van der Waals surface area contributed by atoms with Crippen molar-refractivity contribution in [2.45, 2.75) is 44.1 Å². The summed E-state index contributed by atoms with van der Waals surface area (Å²) in [4.78, 5) is 11.6. The lowest BCUT2D eigenvalue weighted by molar-refractivity contribution is -0.124. The van der Waals surface area contributed by atoms with E-state index in [1.165, 1.54) is 19.3 Å². The van der Waals surface area contributed by atoms with Gasteiger partial charge in [0.2, 0.25) is 5.91 Å². The maximum Gasteiger partial charge on any atom is 0.220 e. The van der Waals surface area contributed by atoms with Crippen LogP contribution in [0.4, 0.5) is 0 Å².